The van der Waals surface area contributed by atoms with Crippen molar-refractivity contribution in [2.45, 2.75) is 25.5 Å². The third-order valence-electron chi connectivity index (χ3n) is 2.22. The molecule has 0 radical (unpaired) electrons. The number of hydrogen-bond acceptors (Lipinski definition) is 2. The summed E-state index contributed by atoms with van der Waals surface area (Å²) in [4.78, 5) is 0. The summed E-state index contributed by atoms with van der Waals surface area (Å²) in [5.74, 6) is -4.15. The van der Waals surface area contributed by atoms with Gasteiger partial charge in [0, 0.05) is 11.6 Å². The molecular formula is C11H12ClF4NO. The van der Waals surface area contributed by atoms with Crippen LogP contribution in [0.4, 0.5) is 17.6 Å². The van der Waals surface area contributed by atoms with Crippen molar-refractivity contribution in [2.75, 3.05) is 6.61 Å². The number of nitrogens with two attached hydrogens (primary N) is 1. The molecule has 0 aliphatic carbocycles. The molecule has 0 unspecified atom stereocenters. The van der Waals surface area contributed by atoms with Crippen LogP contribution in [0, 0.1) is 0 Å². The first kappa shape index (κ1) is 15.2. The molecule has 0 bridgehead atoms. The van der Waals surface area contributed by atoms with Crippen molar-refractivity contribution >= 4 is 11.6 Å². The van der Waals surface area contributed by atoms with Crippen molar-refractivity contribution in [3.8, 4) is 0 Å². The molecule has 1 aromatic rings. The molecule has 0 amide bonds. The van der Waals surface area contributed by atoms with Crippen LogP contribution in [0.1, 0.15) is 11.1 Å². The Morgan fingerprint density at radius 1 is 1.33 bits per heavy atom. The second-order valence-electron chi connectivity index (χ2n) is 3.68. The lowest BCUT2D eigenvalue weighted by Crippen LogP contribution is -2.32. The van der Waals surface area contributed by atoms with E-state index in [0.29, 0.717) is 17.1 Å². The van der Waals surface area contributed by atoms with Crippen LogP contribution < -0.4 is 5.73 Å². The lowest BCUT2D eigenvalue weighted by atomic mass is 10.1. The fraction of sp³-hybridized carbons (Fsp3) is 0.455. The van der Waals surface area contributed by atoms with Crippen molar-refractivity contribution in [1.29, 1.82) is 0 Å². The molecule has 18 heavy (non-hydrogen) atoms. The van der Waals surface area contributed by atoms with Crippen LogP contribution in [0.15, 0.2) is 18.2 Å². The minimum atomic E-state index is -4.15. The van der Waals surface area contributed by atoms with E-state index in [-0.39, 0.29) is 6.61 Å². The minimum Gasteiger partial charge on any atom is -0.370 e. The number of ether oxygens (including phenoxy) is 1. The molecule has 0 aliphatic rings. The van der Waals surface area contributed by atoms with Crippen molar-refractivity contribution in [1.82, 2.24) is 0 Å². The highest BCUT2D eigenvalue weighted by atomic mass is 35.5. The Morgan fingerprint density at radius 2 is 2.00 bits per heavy atom. The van der Waals surface area contributed by atoms with Gasteiger partial charge >= 0.3 is 12.3 Å². The molecule has 2 nitrogen and oxygen atoms in total. The van der Waals surface area contributed by atoms with Crippen molar-refractivity contribution in [3.05, 3.63) is 34.3 Å². The van der Waals surface area contributed by atoms with Gasteiger partial charge in [-0.05, 0) is 17.2 Å². The molecule has 0 atom stereocenters. The topological polar surface area (TPSA) is 35.2 Å². The molecule has 2 N–H and O–H groups in total. The molecule has 0 aromatic heterocycles. The number of rotatable bonds is 6. The van der Waals surface area contributed by atoms with Crippen LogP contribution in [-0.4, -0.2) is 19.0 Å². The monoisotopic (exact) mass is 285 g/mol. The highest BCUT2D eigenvalue weighted by Gasteiger charge is 2.40. The normalized spacial score (nSPS) is 12.2. The quantitative estimate of drug-likeness (QED) is 0.815. The second kappa shape index (κ2) is 6.36. The molecule has 1 rings (SSSR count). The molecule has 102 valence electrons. The van der Waals surface area contributed by atoms with Gasteiger partial charge in [0.25, 0.3) is 0 Å². The van der Waals surface area contributed by atoms with Crippen molar-refractivity contribution < 1.29 is 22.3 Å². The van der Waals surface area contributed by atoms with Crippen molar-refractivity contribution in [2.24, 2.45) is 5.73 Å². The Morgan fingerprint density at radius 3 is 2.50 bits per heavy atom. The molecular weight excluding hydrogens is 274 g/mol. The first-order valence-electron chi connectivity index (χ1n) is 5.08. The molecule has 0 fully saturated rings. The summed E-state index contributed by atoms with van der Waals surface area (Å²) in [7, 11) is 0. The van der Waals surface area contributed by atoms with Crippen LogP contribution in [0.25, 0.3) is 0 Å². The molecule has 0 spiro atoms. The lowest BCUT2D eigenvalue weighted by molar-refractivity contribution is -0.168. The first-order chi connectivity index (χ1) is 8.36. The van der Waals surface area contributed by atoms with E-state index < -0.39 is 19.0 Å². The van der Waals surface area contributed by atoms with Gasteiger partial charge in [-0.3, -0.25) is 0 Å². The minimum absolute atomic E-state index is 0.258. The van der Waals surface area contributed by atoms with E-state index in [1.807, 2.05) is 0 Å². The van der Waals surface area contributed by atoms with Crippen molar-refractivity contribution in [3.63, 3.8) is 0 Å². The lowest BCUT2D eigenvalue weighted by Gasteiger charge is -2.15. The van der Waals surface area contributed by atoms with Gasteiger partial charge in [0.15, 0.2) is 0 Å². The summed E-state index contributed by atoms with van der Waals surface area (Å²) >= 11 is 5.85. The van der Waals surface area contributed by atoms with E-state index in [0.717, 1.165) is 5.56 Å². The fourth-order valence-corrected chi connectivity index (χ4v) is 1.45. The van der Waals surface area contributed by atoms with Gasteiger partial charge in [0.05, 0.1) is 6.61 Å². The second-order valence-corrected chi connectivity index (χ2v) is 4.09. The Labute approximate surface area is 107 Å². The summed E-state index contributed by atoms with van der Waals surface area (Å²) in [6, 6.07) is 4.80. The van der Waals surface area contributed by atoms with Crippen LogP contribution >= 0.6 is 11.6 Å². The molecule has 0 aliphatic heterocycles. The van der Waals surface area contributed by atoms with Crippen LogP contribution in [0.5, 0.6) is 0 Å². The van der Waals surface area contributed by atoms with Gasteiger partial charge < -0.3 is 10.5 Å². The Hall–Kier alpha value is -0.850. The number of halogens is 5. The summed E-state index contributed by atoms with van der Waals surface area (Å²) < 4.78 is 53.3. The summed E-state index contributed by atoms with van der Waals surface area (Å²) in [6.45, 7) is -1.31. The summed E-state index contributed by atoms with van der Waals surface area (Å²) in [6.07, 6.45) is -3.74. The molecule has 1 aromatic carbocycles. The van der Waals surface area contributed by atoms with E-state index >= 15 is 0 Å². The molecule has 0 saturated carbocycles. The number of benzene rings is 1. The van der Waals surface area contributed by atoms with Gasteiger partial charge in [0.1, 0.15) is 6.61 Å². The largest absolute Gasteiger partial charge is 0.370 e. The zero-order chi connectivity index (χ0) is 13.8. The van der Waals surface area contributed by atoms with Gasteiger partial charge in [-0.15, -0.1) is 0 Å². The number of hydrogen-bond donors (Lipinski definition) is 1. The van der Waals surface area contributed by atoms with E-state index in [4.69, 9.17) is 17.3 Å². The molecule has 0 heterocycles. The maximum Gasteiger partial charge on any atom is 0.330 e. The molecule has 7 heteroatoms. The SMILES string of the molecule is NCc1ccc(COCC(F)(F)C(F)F)c(Cl)c1. The van der Waals surface area contributed by atoms with E-state index in [1.165, 1.54) is 0 Å². The Bertz CT molecular complexity index is 401. The highest BCUT2D eigenvalue weighted by molar-refractivity contribution is 6.31. The third kappa shape index (κ3) is 4.12. The van der Waals surface area contributed by atoms with E-state index in [2.05, 4.69) is 4.74 Å². The average molecular weight is 286 g/mol. The fourth-order valence-electron chi connectivity index (χ4n) is 1.19. The van der Waals surface area contributed by atoms with Crippen LogP contribution in [0.2, 0.25) is 5.02 Å². The highest BCUT2D eigenvalue weighted by Crippen LogP contribution is 2.24. The molecule has 0 saturated heterocycles. The summed E-state index contributed by atoms with van der Waals surface area (Å²) in [5, 5.41) is 0.304. The van der Waals surface area contributed by atoms with E-state index in [1.54, 1.807) is 18.2 Å². The average Bonchev–Trinajstić information content (AvgIpc) is 2.30. The van der Waals surface area contributed by atoms with Gasteiger partial charge in [0.2, 0.25) is 0 Å². The zero-order valence-corrected chi connectivity index (χ0v) is 10.1. The first-order valence-corrected chi connectivity index (χ1v) is 5.45. The smallest absolute Gasteiger partial charge is 0.330 e. The zero-order valence-electron chi connectivity index (χ0n) is 9.31. The predicted molar refractivity (Wildman–Crippen MR) is 60.0 cm³/mol. The van der Waals surface area contributed by atoms with Gasteiger partial charge in [-0.2, -0.15) is 8.78 Å². The predicted octanol–water partition coefficient (Wildman–Crippen LogP) is 3.22. The van der Waals surface area contributed by atoms with Crippen LogP contribution in [-0.2, 0) is 17.9 Å². The van der Waals surface area contributed by atoms with E-state index in [9.17, 15) is 17.6 Å². The number of alkyl halides is 4. The van der Waals surface area contributed by atoms with Gasteiger partial charge in [-0.1, -0.05) is 23.7 Å². The Balaban J connectivity index is 2.54. The maximum atomic E-state index is 12.5. The van der Waals surface area contributed by atoms with Gasteiger partial charge in [-0.25, -0.2) is 8.78 Å². The summed E-state index contributed by atoms with van der Waals surface area (Å²) in [5.41, 5.74) is 6.61. The third-order valence-corrected chi connectivity index (χ3v) is 2.58. The standard InChI is InChI=1S/C11H12ClF4NO/c12-9-3-7(4-17)1-2-8(9)5-18-6-11(15,16)10(13)14/h1-3,10H,4-6,17H2. The van der Waals surface area contributed by atoms with Crippen LogP contribution in [0.3, 0.4) is 0 Å². The maximum absolute atomic E-state index is 12.5. The Kier molecular flexibility index (Phi) is 5.37.